The van der Waals surface area contributed by atoms with Crippen LogP contribution in [0.4, 0.5) is 0 Å². The highest BCUT2D eigenvalue weighted by molar-refractivity contribution is 9.13. The minimum atomic E-state index is 0.610. The van der Waals surface area contributed by atoms with Gasteiger partial charge in [0.05, 0.1) is 0 Å². The summed E-state index contributed by atoms with van der Waals surface area (Å²) in [6.45, 7) is 5.30. The predicted octanol–water partition coefficient (Wildman–Crippen LogP) is 3.83. The molecule has 0 N–H and O–H groups in total. The molecule has 0 saturated heterocycles. The Bertz CT molecular complexity index is 280. The molecule has 0 radical (unpaired) electrons. The predicted molar refractivity (Wildman–Crippen MR) is 60.2 cm³/mol. The number of aromatic nitrogens is 2. The van der Waals surface area contributed by atoms with Crippen molar-refractivity contribution in [3.63, 3.8) is 0 Å². The molecule has 0 bridgehead atoms. The average Bonchev–Trinajstić information content (AvgIpc) is 2.16. The minimum Gasteiger partial charge on any atom is -0.312 e. The molecule has 0 spiro atoms. The van der Waals surface area contributed by atoms with Crippen molar-refractivity contribution in [3.8, 4) is 0 Å². The lowest BCUT2D eigenvalue weighted by atomic mass is 10.2. The van der Waals surface area contributed by atoms with Gasteiger partial charge in [0.25, 0.3) is 0 Å². The number of nitrogens with zero attached hydrogens (tertiary/aromatic N) is 2. The SMILES string of the molecule is CC(C)Cn1c(Br)nc(Br)c1Br. The summed E-state index contributed by atoms with van der Waals surface area (Å²) in [6, 6.07) is 0. The molecule has 2 nitrogen and oxygen atoms in total. The summed E-state index contributed by atoms with van der Waals surface area (Å²) in [7, 11) is 0. The molecule has 1 aromatic rings. The molecule has 1 rings (SSSR count). The number of rotatable bonds is 2. The van der Waals surface area contributed by atoms with E-state index in [2.05, 4.69) is 71.2 Å². The second kappa shape index (κ2) is 4.24. The molecule has 1 heterocycles. The van der Waals surface area contributed by atoms with Gasteiger partial charge in [-0.05, 0) is 53.7 Å². The lowest BCUT2D eigenvalue weighted by Crippen LogP contribution is -2.04. The van der Waals surface area contributed by atoms with E-state index < -0.39 is 0 Å². The number of imidazole rings is 1. The Kier molecular flexibility index (Phi) is 3.79. The zero-order valence-corrected chi connectivity index (χ0v) is 11.6. The summed E-state index contributed by atoms with van der Waals surface area (Å²) in [5, 5.41) is 0. The molecule has 0 fully saturated rings. The van der Waals surface area contributed by atoms with E-state index in [1.807, 2.05) is 0 Å². The van der Waals surface area contributed by atoms with Gasteiger partial charge in [-0.3, -0.25) is 0 Å². The largest absolute Gasteiger partial charge is 0.312 e. The standard InChI is InChI=1S/C7H9Br3N2/c1-4(2)3-12-6(9)5(8)11-7(12)10/h4H,3H2,1-2H3. The van der Waals surface area contributed by atoms with Crippen molar-refractivity contribution in [2.45, 2.75) is 20.4 Å². The fourth-order valence-electron chi connectivity index (χ4n) is 0.900. The van der Waals surface area contributed by atoms with Gasteiger partial charge in [-0.2, -0.15) is 0 Å². The van der Waals surface area contributed by atoms with Crippen molar-refractivity contribution in [1.82, 2.24) is 9.55 Å². The van der Waals surface area contributed by atoms with E-state index in [1.165, 1.54) is 0 Å². The van der Waals surface area contributed by atoms with Crippen molar-refractivity contribution in [3.05, 3.63) is 13.9 Å². The van der Waals surface area contributed by atoms with Gasteiger partial charge in [-0.15, -0.1) is 0 Å². The minimum absolute atomic E-state index is 0.610. The van der Waals surface area contributed by atoms with Crippen LogP contribution in [-0.4, -0.2) is 9.55 Å². The fourth-order valence-corrected chi connectivity index (χ4v) is 2.66. The van der Waals surface area contributed by atoms with Crippen LogP contribution in [0.15, 0.2) is 13.9 Å². The van der Waals surface area contributed by atoms with Gasteiger partial charge in [-0.25, -0.2) is 4.98 Å². The summed E-state index contributed by atoms with van der Waals surface area (Å²) < 4.78 is 4.77. The first kappa shape index (κ1) is 10.7. The van der Waals surface area contributed by atoms with Crippen LogP contribution in [0, 0.1) is 5.92 Å². The van der Waals surface area contributed by atoms with E-state index in [-0.39, 0.29) is 0 Å². The summed E-state index contributed by atoms with van der Waals surface area (Å²) in [4.78, 5) is 4.21. The van der Waals surface area contributed by atoms with Gasteiger partial charge >= 0.3 is 0 Å². The van der Waals surface area contributed by atoms with Gasteiger partial charge in [-0.1, -0.05) is 13.8 Å². The number of hydrogen-bond donors (Lipinski definition) is 0. The third kappa shape index (κ3) is 2.33. The maximum absolute atomic E-state index is 4.21. The zero-order valence-electron chi connectivity index (χ0n) is 6.81. The molecule has 0 saturated carbocycles. The monoisotopic (exact) mass is 358 g/mol. The third-order valence-corrected chi connectivity index (χ3v) is 3.86. The molecule has 0 atom stereocenters. The van der Waals surface area contributed by atoms with Crippen LogP contribution in [0.1, 0.15) is 13.8 Å². The van der Waals surface area contributed by atoms with Crippen LogP contribution in [0.3, 0.4) is 0 Å². The molecule has 0 aliphatic heterocycles. The molecule has 0 aromatic carbocycles. The lowest BCUT2D eigenvalue weighted by molar-refractivity contribution is 0.509. The van der Waals surface area contributed by atoms with E-state index >= 15 is 0 Å². The Balaban J connectivity index is 2.97. The van der Waals surface area contributed by atoms with E-state index in [9.17, 15) is 0 Å². The summed E-state index contributed by atoms with van der Waals surface area (Å²) in [5.41, 5.74) is 0. The van der Waals surface area contributed by atoms with Gasteiger partial charge < -0.3 is 4.57 Å². The second-order valence-electron chi connectivity index (χ2n) is 2.97. The van der Waals surface area contributed by atoms with Gasteiger partial charge in [0.15, 0.2) is 4.73 Å². The highest BCUT2D eigenvalue weighted by Gasteiger charge is 2.11. The highest BCUT2D eigenvalue weighted by Crippen LogP contribution is 2.27. The van der Waals surface area contributed by atoms with Crippen LogP contribution >= 0.6 is 47.8 Å². The maximum atomic E-state index is 4.21. The molecule has 0 unspecified atom stereocenters. The Morgan fingerprint density at radius 1 is 1.33 bits per heavy atom. The molecule has 0 aliphatic carbocycles. The Labute approximate surface area is 97.1 Å². The third-order valence-electron chi connectivity index (χ3n) is 1.37. The first-order valence-electron chi connectivity index (χ1n) is 3.59. The lowest BCUT2D eigenvalue weighted by Gasteiger charge is -2.08. The van der Waals surface area contributed by atoms with Crippen molar-refractivity contribution in [2.24, 2.45) is 5.92 Å². The molecule has 0 aliphatic rings. The van der Waals surface area contributed by atoms with Gasteiger partial charge in [0, 0.05) is 6.54 Å². The van der Waals surface area contributed by atoms with E-state index in [0.29, 0.717) is 5.92 Å². The van der Waals surface area contributed by atoms with Crippen LogP contribution in [0.25, 0.3) is 0 Å². The molecule has 12 heavy (non-hydrogen) atoms. The first-order valence-corrected chi connectivity index (χ1v) is 5.97. The van der Waals surface area contributed by atoms with Crippen molar-refractivity contribution < 1.29 is 0 Å². The van der Waals surface area contributed by atoms with E-state index in [0.717, 1.165) is 20.5 Å². The summed E-state index contributed by atoms with van der Waals surface area (Å²) in [6.07, 6.45) is 0. The second-order valence-corrected chi connectivity index (χ2v) is 5.18. The van der Waals surface area contributed by atoms with Crippen LogP contribution in [0.5, 0.6) is 0 Å². The molecule has 0 amide bonds. The van der Waals surface area contributed by atoms with Gasteiger partial charge in [0.2, 0.25) is 0 Å². The Morgan fingerprint density at radius 2 is 1.92 bits per heavy atom. The topological polar surface area (TPSA) is 17.8 Å². The molecular weight excluding hydrogens is 352 g/mol. The smallest absolute Gasteiger partial charge is 0.179 e. The molecular formula is C7H9Br3N2. The summed E-state index contributed by atoms with van der Waals surface area (Å²) in [5.74, 6) is 0.610. The molecule has 1 aromatic heterocycles. The van der Waals surface area contributed by atoms with E-state index in [1.54, 1.807) is 0 Å². The zero-order chi connectivity index (χ0) is 9.30. The van der Waals surface area contributed by atoms with Crippen LogP contribution in [0.2, 0.25) is 0 Å². The first-order chi connectivity index (χ1) is 5.52. The van der Waals surface area contributed by atoms with Crippen molar-refractivity contribution in [2.75, 3.05) is 0 Å². The Hall–Kier alpha value is 0.650. The average molecular weight is 361 g/mol. The quantitative estimate of drug-likeness (QED) is 0.783. The Morgan fingerprint density at radius 3 is 2.25 bits per heavy atom. The van der Waals surface area contributed by atoms with Crippen molar-refractivity contribution in [1.29, 1.82) is 0 Å². The fraction of sp³-hybridized carbons (Fsp3) is 0.571. The van der Waals surface area contributed by atoms with Crippen LogP contribution < -0.4 is 0 Å². The van der Waals surface area contributed by atoms with E-state index in [4.69, 9.17) is 0 Å². The maximum Gasteiger partial charge on any atom is 0.179 e. The number of hydrogen-bond acceptors (Lipinski definition) is 1. The molecule has 5 heteroatoms. The van der Waals surface area contributed by atoms with Gasteiger partial charge in [0.1, 0.15) is 9.21 Å². The van der Waals surface area contributed by atoms with Crippen molar-refractivity contribution >= 4 is 47.8 Å². The summed E-state index contributed by atoms with van der Waals surface area (Å²) >= 11 is 10.2. The number of halogens is 3. The normalized spacial score (nSPS) is 11.2. The molecule has 68 valence electrons. The van der Waals surface area contributed by atoms with Crippen LogP contribution in [-0.2, 0) is 6.54 Å². The highest BCUT2D eigenvalue weighted by atomic mass is 79.9.